The summed E-state index contributed by atoms with van der Waals surface area (Å²) in [6, 6.07) is 17.0. The lowest BCUT2D eigenvalue weighted by Crippen LogP contribution is -2.38. The van der Waals surface area contributed by atoms with Gasteiger partial charge in [-0.15, -0.1) is 0 Å². The lowest BCUT2D eigenvalue weighted by Gasteiger charge is -2.25. The molecule has 162 valence electrons. The van der Waals surface area contributed by atoms with Crippen LogP contribution < -0.4 is 9.62 Å². The van der Waals surface area contributed by atoms with E-state index in [-0.39, 0.29) is 11.4 Å². The lowest BCUT2D eigenvalue weighted by atomic mass is 10.1. The van der Waals surface area contributed by atoms with Crippen LogP contribution in [0, 0.1) is 20.8 Å². The molecule has 1 N–H and O–H groups in total. The molecule has 0 saturated heterocycles. The van der Waals surface area contributed by atoms with Crippen LogP contribution in [0.2, 0.25) is 5.02 Å². The molecular formula is C23H22BrClN2O3S. The molecule has 0 bridgehead atoms. The van der Waals surface area contributed by atoms with E-state index in [9.17, 15) is 13.2 Å². The summed E-state index contributed by atoms with van der Waals surface area (Å²) in [5.74, 6) is -0.478. The number of hydrogen-bond acceptors (Lipinski definition) is 3. The second-order valence-electron chi connectivity index (χ2n) is 7.35. The summed E-state index contributed by atoms with van der Waals surface area (Å²) in [4.78, 5) is 12.9. The molecule has 0 aliphatic heterocycles. The van der Waals surface area contributed by atoms with E-state index in [1.54, 1.807) is 54.6 Å². The highest BCUT2D eigenvalue weighted by Crippen LogP contribution is 2.28. The number of carbonyl (C=O) groups is 1. The van der Waals surface area contributed by atoms with Crippen molar-refractivity contribution in [1.29, 1.82) is 0 Å². The highest BCUT2D eigenvalue weighted by atomic mass is 79.9. The van der Waals surface area contributed by atoms with Crippen LogP contribution >= 0.6 is 27.5 Å². The molecule has 0 heterocycles. The van der Waals surface area contributed by atoms with Crippen LogP contribution in [-0.4, -0.2) is 20.9 Å². The zero-order valence-electron chi connectivity index (χ0n) is 17.3. The van der Waals surface area contributed by atoms with Gasteiger partial charge in [-0.2, -0.15) is 0 Å². The van der Waals surface area contributed by atoms with Crippen LogP contribution in [0.5, 0.6) is 0 Å². The summed E-state index contributed by atoms with van der Waals surface area (Å²) in [5, 5.41) is 3.16. The number of hydrogen-bond donors (Lipinski definition) is 1. The van der Waals surface area contributed by atoms with E-state index in [0.717, 1.165) is 21.0 Å². The van der Waals surface area contributed by atoms with Gasteiger partial charge < -0.3 is 5.32 Å². The van der Waals surface area contributed by atoms with Crippen molar-refractivity contribution in [2.24, 2.45) is 0 Å². The number of halogens is 2. The standard InChI is InChI=1S/C23H22BrClN2O3S/c1-15-4-7-20(8-5-15)31(29,30)27(19-11-16(2)10-17(3)12-19)14-23(28)26-18-6-9-21(24)22(25)13-18/h4-13H,14H2,1-3H3,(H,26,28). The number of nitrogens with one attached hydrogen (secondary N) is 1. The Kier molecular flexibility index (Phi) is 7.09. The van der Waals surface area contributed by atoms with E-state index in [1.165, 1.54) is 0 Å². The summed E-state index contributed by atoms with van der Waals surface area (Å²) in [5.41, 5.74) is 3.66. The Labute approximate surface area is 196 Å². The molecule has 0 radical (unpaired) electrons. The second kappa shape index (κ2) is 9.42. The van der Waals surface area contributed by atoms with Gasteiger partial charge in [-0.3, -0.25) is 9.10 Å². The Hall–Kier alpha value is -2.35. The fourth-order valence-corrected chi connectivity index (χ4v) is 4.98. The summed E-state index contributed by atoms with van der Waals surface area (Å²) >= 11 is 9.40. The van der Waals surface area contributed by atoms with Gasteiger partial charge >= 0.3 is 0 Å². The van der Waals surface area contributed by atoms with Crippen molar-refractivity contribution in [2.45, 2.75) is 25.7 Å². The fourth-order valence-electron chi connectivity index (χ4n) is 3.15. The van der Waals surface area contributed by atoms with Gasteiger partial charge in [-0.25, -0.2) is 8.42 Å². The van der Waals surface area contributed by atoms with Gasteiger partial charge in [-0.05, 0) is 90.3 Å². The minimum atomic E-state index is -3.97. The molecule has 0 aliphatic carbocycles. The van der Waals surface area contributed by atoms with Gasteiger partial charge in [0.2, 0.25) is 5.91 Å². The maximum Gasteiger partial charge on any atom is 0.264 e. The van der Waals surface area contributed by atoms with E-state index < -0.39 is 15.9 Å². The number of nitrogens with zero attached hydrogens (tertiary/aromatic N) is 1. The molecule has 1 amide bonds. The quantitative estimate of drug-likeness (QED) is 0.442. The molecule has 3 rings (SSSR count). The Morgan fingerprint density at radius 3 is 2.13 bits per heavy atom. The van der Waals surface area contributed by atoms with Gasteiger partial charge in [-0.1, -0.05) is 35.4 Å². The molecular weight excluding hydrogens is 500 g/mol. The number of amides is 1. The predicted octanol–water partition coefficient (Wildman–Crippen LogP) is 5.86. The van der Waals surface area contributed by atoms with E-state index in [2.05, 4.69) is 21.2 Å². The number of anilines is 2. The third kappa shape index (κ3) is 5.67. The molecule has 5 nitrogen and oxygen atoms in total. The molecule has 8 heteroatoms. The molecule has 0 spiro atoms. The predicted molar refractivity (Wildman–Crippen MR) is 129 cm³/mol. The van der Waals surface area contributed by atoms with E-state index in [0.29, 0.717) is 20.9 Å². The molecule has 31 heavy (non-hydrogen) atoms. The first-order chi connectivity index (χ1) is 14.6. The van der Waals surface area contributed by atoms with E-state index in [4.69, 9.17) is 11.6 Å². The number of sulfonamides is 1. The van der Waals surface area contributed by atoms with Gasteiger partial charge in [0.15, 0.2) is 0 Å². The molecule has 0 unspecified atom stereocenters. The van der Waals surface area contributed by atoms with Crippen LogP contribution in [0.1, 0.15) is 16.7 Å². The molecule has 0 atom stereocenters. The van der Waals surface area contributed by atoms with Crippen molar-refractivity contribution in [3.8, 4) is 0 Å². The third-order valence-corrected chi connectivity index (χ3v) is 7.61. The largest absolute Gasteiger partial charge is 0.324 e. The summed E-state index contributed by atoms with van der Waals surface area (Å²) in [7, 11) is -3.97. The molecule has 0 aromatic heterocycles. The second-order valence-corrected chi connectivity index (χ2v) is 10.5. The Morgan fingerprint density at radius 2 is 1.55 bits per heavy atom. The van der Waals surface area contributed by atoms with Gasteiger partial charge in [0, 0.05) is 10.2 Å². The third-order valence-electron chi connectivity index (χ3n) is 4.59. The summed E-state index contributed by atoms with van der Waals surface area (Å²) < 4.78 is 28.8. The van der Waals surface area contributed by atoms with Crippen molar-refractivity contribution < 1.29 is 13.2 Å². The first-order valence-corrected chi connectivity index (χ1v) is 12.1. The van der Waals surface area contributed by atoms with Gasteiger partial charge in [0.05, 0.1) is 15.6 Å². The zero-order chi connectivity index (χ0) is 22.8. The van der Waals surface area contributed by atoms with Crippen LogP contribution in [0.4, 0.5) is 11.4 Å². The maximum atomic E-state index is 13.5. The lowest BCUT2D eigenvalue weighted by molar-refractivity contribution is -0.114. The molecule has 0 saturated carbocycles. The fraction of sp³-hybridized carbons (Fsp3) is 0.174. The molecule has 0 aliphatic rings. The topological polar surface area (TPSA) is 66.5 Å². The maximum absolute atomic E-state index is 13.5. The Balaban J connectivity index is 1.98. The summed E-state index contributed by atoms with van der Waals surface area (Å²) in [6.45, 7) is 5.27. The van der Waals surface area contributed by atoms with Crippen LogP contribution in [0.25, 0.3) is 0 Å². The number of carbonyl (C=O) groups excluding carboxylic acids is 1. The highest BCUT2D eigenvalue weighted by Gasteiger charge is 2.27. The van der Waals surface area contributed by atoms with E-state index >= 15 is 0 Å². The number of aryl methyl sites for hydroxylation is 3. The Morgan fingerprint density at radius 1 is 0.935 bits per heavy atom. The van der Waals surface area contributed by atoms with Crippen molar-refractivity contribution >= 4 is 54.8 Å². The normalized spacial score (nSPS) is 11.3. The smallest absolute Gasteiger partial charge is 0.264 e. The van der Waals surface area contributed by atoms with Gasteiger partial charge in [0.1, 0.15) is 6.54 Å². The molecule has 0 fully saturated rings. The average molecular weight is 522 g/mol. The monoisotopic (exact) mass is 520 g/mol. The van der Waals surface area contributed by atoms with Crippen LogP contribution in [-0.2, 0) is 14.8 Å². The first-order valence-electron chi connectivity index (χ1n) is 9.49. The minimum absolute atomic E-state index is 0.122. The van der Waals surface area contributed by atoms with Crippen molar-refractivity contribution in [1.82, 2.24) is 0 Å². The number of benzene rings is 3. The van der Waals surface area contributed by atoms with Crippen LogP contribution in [0.15, 0.2) is 70.0 Å². The van der Waals surface area contributed by atoms with Crippen molar-refractivity contribution in [3.63, 3.8) is 0 Å². The van der Waals surface area contributed by atoms with E-state index in [1.807, 2.05) is 26.8 Å². The van der Waals surface area contributed by atoms with Crippen molar-refractivity contribution in [3.05, 3.63) is 86.8 Å². The number of rotatable bonds is 6. The van der Waals surface area contributed by atoms with Crippen molar-refractivity contribution in [2.75, 3.05) is 16.2 Å². The SMILES string of the molecule is Cc1ccc(S(=O)(=O)N(CC(=O)Nc2ccc(Br)c(Cl)c2)c2cc(C)cc(C)c2)cc1. The average Bonchev–Trinajstić information content (AvgIpc) is 2.68. The zero-order valence-corrected chi connectivity index (χ0v) is 20.5. The first kappa shape index (κ1) is 23.3. The summed E-state index contributed by atoms with van der Waals surface area (Å²) in [6.07, 6.45) is 0. The highest BCUT2D eigenvalue weighted by molar-refractivity contribution is 9.10. The van der Waals surface area contributed by atoms with Gasteiger partial charge in [0.25, 0.3) is 10.0 Å². The molecule has 3 aromatic carbocycles. The molecule has 3 aromatic rings. The minimum Gasteiger partial charge on any atom is -0.324 e. The Bertz CT molecular complexity index is 1210. The van der Waals surface area contributed by atoms with Crippen LogP contribution in [0.3, 0.4) is 0 Å².